The molecule has 84 valence electrons. The van der Waals surface area contributed by atoms with E-state index in [4.69, 9.17) is 9.47 Å². The van der Waals surface area contributed by atoms with Crippen molar-refractivity contribution < 1.29 is 9.47 Å². The van der Waals surface area contributed by atoms with E-state index in [9.17, 15) is 0 Å². The molecule has 0 radical (unpaired) electrons. The number of hydrogen-bond donors (Lipinski definition) is 1. The summed E-state index contributed by atoms with van der Waals surface area (Å²) in [5.74, 6) is 0.706. The molecule has 0 aromatic carbocycles. The fraction of sp³-hybridized carbons (Fsp3) is 1.00. The normalized spacial score (nSPS) is 24.4. The van der Waals surface area contributed by atoms with Gasteiger partial charge in [0.25, 0.3) is 0 Å². The second-order valence-corrected chi connectivity index (χ2v) is 4.48. The molecule has 14 heavy (non-hydrogen) atoms. The van der Waals surface area contributed by atoms with E-state index >= 15 is 0 Å². The molecule has 0 spiro atoms. The first-order valence-corrected chi connectivity index (χ1v) is 5.62. The van der Waals surface area contributed by atoms with Gasteiger partial charge in [-0.2, -0.15) is 0 Å². The monoisotopic (exact) mass is 201 g/mol. The Morgan fingerprint density at radius 2 is 2.14 bits per heavy atom. The van der Waals surface area contributed by atoms with Gasteiger partial charge in [-0.25, -0.2) is 0 Å². The van der Waals surface area contributed by atoms with Crippen molar-refractivity contribution >= 4 is 0 Å². The van der Waals surface area contributed by atoms with Crippen LogP contribution in [-0.4, -0.2) is 38.5 Å². The van der Waals surface area contributed by atoms with E-state index in [0.717, 1.165) is 32.7 Å². The van der Waals surface area contributed by atoms with Gasteiger partial charge < -0.3 is 14.8 Å². The summed E-state index contributed by atoms with van der Waals surface area (Å²) in [6.07, 6.45) is 1.67. The summed E-state index contributed by atoms with van der Waals surface area (Å²) >= 11 is 0. The highest BCUT2D eigenvalue weighted by atomic mass is 16.5. The minimum absolute atomic E-state index is 0.292. The first-order valence-electron chi connectivity index (χ1n) is 5.62. The minimum atomic E-state index is 0.292. The minimum Gasteiger partial charge on any atom is -0.379 e. The Hall–Kier alpha value is -0.120. The highest BCUT2D eigenvalue weighted by Crippen LogP contribution is 2.10. The van der Waals surface area contributed by atoms with Gasteiger partial charge in [0.05, 0.1) is 18.8 Å². The molecule has 0 aliphatic carbocycles. The lowest BCUT2D eigenvalue weighted by molar-refractivity contribution is -0.00569. The van der Waals surface area contributed by atoms with Crippen molar-refractivity contribution in [1.29, 1.82) is 0 Å². The van der Waals surface area contributed by atoms with Crippen molar-refractivity contribution in [2.45, 2.75) is 39.4 Å². The largest absolute Gasteiger partial charge is 0.379 e. The van der Waals surface area contributed by atoms with E-state index in [1.54, 1.807) is 0 Å². The molecule has 0 bridgehead atoms. The molecule has 1 N–H and O–H groups in total. The summed E-state index contributed by atoms with van der Waals surface area (Å²) in [6, 6.07) is 0. The van der Waals surface area contributed by atoms with Gasteiger partial charge in [-0.15, -0.1) is 0 Å². The van der Waals surface area contributed by atoms with Gasteiger partial charge in [-0.1, -0.05) is 13.8 Å². The number of rotatable bonds is 6. The van der Waals surface area contributed by atoms with Crippen molar-refractivity contribution in [2.24, 2.45) is 5.92 Å². The average Bonchev–Trinajstić information content (AvgIpc) is 2.56. The third-order valence-electron chi connectivity index (χ3n) is 2.30. The predicted octanol–water partition coefficient (Wildman–Crippen LogP) is 1.43. The Balaban J connectivity index is 2.00. The van der Waals surface area contributed by atoms with Crippen LogP contribution < -0.4 is 5.32 Å². The lowest BCUT2D eigenvalue weighted by Crippen LogP contribution is -2.32. The van der Waals surface area contributed by atoms with E-state index in [1.165, 1.54) is 0 Å². The molecule has 1 aliphatic rings. The first kappa shape index (κ1) is 12.0. The quantitative estimate of drug-likeness (QED) is 0.705. The summed E-state index contributed by atoms with van der Waals surface area (Å²) in [6.45, 7) is 10.2. The summed E-state index contributed by atoms with van der Waals surface area (Å²) in [4.78, 5) is 0. The molecule has 1 fully saturated rings. The van der Waals surface area contributed by atoms with Crippen LogP contribution in [0.5, 0.6) is 0 Å². The summed E-state index contributed by atoms with van der Waals surface area (Å²) in [7, 11) is 0. The van der Waals surface area contributed by atoms with Crippen molar-refractivity contribution in [3.63, 3.8) is 0 Å². The number of nitrogens with one attached hydrogen (secondary N) is 1. The summed E-state index contributed by atoms with van der Waals surface area (Å²) in [5.41, 5.74) is 0. The molecule has 3 heteroatoms. The van der Waals surface area contributed by atoms with Crippen LogP contribution in [0.15, 0.2) is 0 Å². The molecule has 1 rings (SSSR count). The molecule has 1 heterocycles. The zero-order chi connectivity index (χ0) is 10.4. The van der Waals surface area contributed by atoms with Crippen molar-refractivity contribution in [3.05, 3.63) is 0 Å². The summed E-state index contributed by atoms with van der Waals surface area (Å²) < 4.78 is 11.1. The van der Waals surface area contributed by atoms with E-state index in [2.05, 4.69) is 26.1 Å². The van der Waals surface area contributed by atoms with Crippen LogP contribution in [0.2, 0.25) is 0 Å². The van der Waals surface area contributed by atoms with Crippen molar-refractivity contribution in [1.82, 2.24) is 5.32 Å². The Kier molecular flexibility index (Phi) is 5.45. The van der Waals surface area contributed by atoms with Crippen LogP contribution in [0, 0.1) is 5.92 Å². The van der Waals surface area contributed by atoms with Crippen LogP contribution in [0.3, 0.4) is 0 Å². The molecular weight excluding hydrogens is 178 g/mol. The molecule has 2 atom stereocenters. The second-order valence-electron chi connectivity index (χ2n) is 4.48. The highest BCUT2D eigenvalue weighted by Gasteiger charge is 2.18. The van der Waals surface area contributed by atoms with Gasteiger partial charge in [-0.3, -0.25) is 0 Å². The Morgan fingerprint density at radius 1 is 1.36 bits per heavy atom. The molecule has 2 unspecified atom stereocenters. The number of hydrogen-bond acceptors (Lipinski definition) is 3. The fourth-order valence-corrected chi connectivity index (χ4v) is 1.57. The van der Waals surface area contributed by atoms with Crippen LogP contribution >= 0.6 is 0 Å². The lowest BCUT2D eigenvalue weighted by atomic mass is 10.2. The first-order chi connectivity index (χ1) is 6.68. The molecule has 1 aliphatic heterocycles. The van der Waals surface area contributed by atoms with Gasteiger partial charge in [0.2, 0.25) is 0 Å². The van der Waals surface area contributed by atoms with E-state index in [-0.39, 0.29) is 0 Å². The third kappa shape index (κ3) is 4.94. The standard InChI is InChI=1S/C11H23NO2/c1-9(2)6-12-7-10(3)14-11-4-5-13-8-11/h9-12H,4-8H2,1-3H3. The van der Waals surface area contributed by atoms with Gasteiger partial charge in [-0.05, 0) is 25.8 Å². The Labute approximate surface area is 87.2 Å². The van der Waals surface area contributed by atoms with E-state index < -0.39 is 0 Å². The molecule has 0 amide bonds. The Bertz CT molecular complexity index is 144. The third-order valence-corrected chi connectivity index (χ3v) is 2.30. The topological polar surface area (TPSA) is 30.5 Å². The van der Waals surface area contributed by atoms with Crippen LogP contribution in [0.25, 0.3) is 0 Å². The zero-order valence-electron chi connectivity index (χ0n) is 9.58. The molecule has 1 saturated heterocycles. The lowest BCUT2D eigenvalue weighted by Gasteiger charge is -2.18. The fourth-order valence-electron chi connectivity index (χ4n) is 1.57. The van der Waals surface area contributed by atoms with Crippen molar-refractivity contribution in [2.75, 3.05) is 26.3 Å². The van der Waals surface area contributed by atoms with Crippen LogP contribution in [0.1, 0.15) is 27.2 Å². The SMILES string of the molecule is CC(C)CNCC(C)OC1CCOC1. The maximum Gasteiger partial charge on any atom is 0.0834 e. The van der Waals surface area contributed by atoms with Crippen LogP contribution in [-0.2, 0) is 9.47 Å². The second kappa shape index (κ2) is 6.38. The van der Waals surface area contributed by atoms with Gasteiger partial charge in [0.15, 0.2) is 0 Å². The molecule has 0 saturated carbocycles. The highest BCUT2D eigenvalue weighted by molar-refractivity contribution is 4.66. The average molecular weight is 201 g/mol. The Morgan fingerprint density at radius 3 is 2.71 bits per heavy atom. The van der Waals surface area contributed by atoms with Gasteiger partial charge >= 0.3 is 0 Å². The van der Waals surface area contributed by atoms with Crippen LogP contribution in [0.4, 0.5) is 0 Å². The maximum absolute atomic E-state index is 5.81. The molecule has 0 aromatic rings. The molecule has 0 aromatic heterocycles. The molecule has 3 nitrogen and oxygen atoms in total. The maximum atomic E-state index is 5.81. The number of ether oxygens (including phenoxy) is 2. The van der Waals surface area contributed by atoms with Gasteiger partial charge in [0, 0.05) is 13.2 Å². The molecular formula is C11H23NO2. The van der Waals surface area contributed by atoms with E-state index in [0.29, 0.717) is 18.1 Å². The van der Waals surface area contributed by atoms with E-state index in [1.807, 2.05) is 0 Å². The zero-order valence-corrected chi connectivity index (χ0v) is 9.58. The van der Waals surface area contributed by atoms with Crippen molar-refractivity contribution in [3.8, 4) is 0 Å². The van der Waals surface area contributed by atoms with Gasteiger partial charge in [0.1, 0.15) is 0 Å². The smallest absolute Gasteiger partial charge is 0.0834 e. The summed E-state index contributed by atoms with van der Waals surface area (Å²) in [5, 5.41) is 3.39. The predicted molar refractivity (Wildman–Crippen MR) is 57.5 cm³/mol.